The lowest BCUT2D eigenvalue weighted by Gasteiger charge is -2.50. The van der Waals surface area contributed by atoms with Crippen LogP contribution in [0.25, 0.3) is 0 Å². The van der Waals surface area contributed by atoms with Gasteiger partial charge in [0.15, 0.2) is 16.9 Å². The Balaban J connectivity index is 0.980. The van der Waals surface area contributed by atoms with Gasteiger partial charge in [0, 0.05) is 24.0 Å². The Kier molecular flexibility index (Phi) is 12.4. The van der Waals surface area contributed by atoms with E-state index in [0.717, 1.165) is 27.8 Å². The molecule has 6 aromatic rings. The van der Waals surface area contributed by atoms with E-state index in [1.807, 2.05) is 115 Å². The van der Waals surface area contributed by atoms with Gasteiger partial charge >= 0.3 is 11.9 Å². The Hall–Kier alpha value is -7.03. The first-order chi connectivity index (χ1) is 31.3. The zero-order chi connectivity index (χ0) is 44.0. The zero-order valence-electron chi connectivity index (χ0n) is 34.7. The van der Waals surface area contributed by atoms with Crippen LogP contribution < -0.4 is 10.6 Å². The van der Waals surface area contributed by atoms with Crippen molar-refractivity contribution in [3.8, 4) is 0 Å². The molecule has 2 saturated heterocycles. The van der Waals surface area contributed by atoms with Gasteiger partial charge in [0.1, 0.15) is 41.6 Å². The summed E-state index contributed by atoms with van der Waals surface area (Å²) < 4.78 is 11.9. The highest BCUT2D eigenvalue weighted by atomic mass is 32.2. The Morgan fingerprint density at radius 1 is 0.828 bits per heavy atom. The van der Waals surface area contributed by atoms with Crippen molar-refractivity contribution in [3.05, 3.63) is 202 Å². The Morgan fingerprint density at radius 3 is 1.89 bits per heavy atom. The van der Waals surface area contributed by atoms with Crippen LogP contribution in [0.3, 0.4) is 0 Å². The number of nitrogens with one attached hydrogen (secondary N) is 2. The number of hydrogen-bond donors (Lipinski definition) is 2. The number of thioether (sulfide) groups is 1. The molecule has 3 aliphatic heterocycles. The van der Waals surface area contributed by atoms with Crippen LogP contribution in [0, 0.1) is 0 Å². The van der Waals surface area contributed by atoms with Crippen LogP contribution in [0.5, 0.6) is 0 Å². The fourth-order valence-corrected chi connectivity index (χ4v) is 10.6. The fourth-order valence-electron chi connectivity index (χ4n) is 8.46. The molecule has 0 saturated carbocycles. The number of benzene rings is 5. The van der Waals surface area contributed by atoms with Crippen molar-refractivity contribution in [1.29, 1.82) is 0 Å². The summed E-state index contributed by atoms with van der Waals surface area (Å²) >= 11 is 2.71. The highest BCUT2D eigenvalue weighted by Gasteiger charge is 2.55. The topological polar surface area (TPSA) is 149 Å². The molecule has 2 fully saturated rings. The van der Waals surface area contributed by atoms with Crippen molar-refractivity contribution in [1.82, 2.24) is 15.2 Å². The molecule has 0 bridgehead atoms. The SMILES string of the molecule is CO/N=C(\C(=O)N[C@@H]1C(=O)N2C(C(=O)OC(c3ccccc3)c3ccccc3)=C(CC3CCC(=O)O3)CS[C@@H]12)c1csc(NC(c2ccccc2)(c2ccccc2)c2ccccc2)n1. The molecule has 0 spiro atoms. The molecular weight excluding hydrogens is 847 g/mol. The van der Waals surface area contributed by atoms with Crippen LogP contribution in [0.1, 0.15) is 58.9 Å². The number of esters is 2. The number of oxime groups is 1. The molecule has 4 heterocycles. The minimum Gasteiger partial charge on any atom is -0.462 e. The molecule has 0 radical (unpaired) electrons. The predicted octanol–water partition coefficient (Wildman–Crippen LogP) is 7.98. The van der Waals surface area contributed by atoms with Gasteiger partial charge in [0.2, 0.25) is 0 Å². The van der Waals surface area contributed by atoms with Gasteiger partial charge in [-0.05, 0) is 39.8 Å². The number of thiazole rings is 1. The third-order valence-electron chi connectivity index (χ3n) is 11.5. The lowest BCUT2D eigenvalue weighted by molar-refractivity contribution is -0.154. The molecule has 2 N–H and O–H groups in total. The summed E-state index contributed by atoms with van der Waals surface area (Å²) in [6.45, 7) is 0. The maximum Gasteiger partial charge on any atom is 0.356 e. The van der Waals surface area contributed by atoms with E-state index in [1.165, 1.54) is 35.1 Å². The molecule has 3 aliphatic rings. The number of aromatic nitrogens is 1. The molecule has 1 unspecified atom stereocenters. The van der Waals surface area contributed by atoms with Crippen LogP contribution in [0.15, 0.2) is 173 Å². The molecular formula is C50H43N5O7S2. The first-order valence-corrected chi connectivity index (χ1v) is 22.8. The maximum atomic E-state index is 14.5. The number of carbonyl (C=O) groups excluding carboxylic acids is 4. The highest BCUT2D eigenvalue weighted by Crippen LogP contribution is 2.44. The molecule has 64 heavy (non-hydrogen) atoms. The van der Waals surface area contributed by atoms with E-state index >= 15 is 0 Å². The molecule has 0 aliphatic carbocycles. The molecule has 1 aromatic heterocycles. The van der Waals surface area contributed by atoms with Crippen LogP contribution in [-0.2, 0) is 39.0 Å². The summed E-state index contributed by atoms with van der Waals surface area (Å²) in [5.41, 5.74) is 4.41. The second-order valence-electron chi connectivity index (χ2n) is 15.4. The van der Waals surface area contributed by atoms with Crippen molar-refractivity contribution in [2.24, 2.45) is 5.16 Å². The van der Waals surface area contributed by atoms with Gasteiger partial charge in [-0.3, -0.25) is 19.3 Å². The van der Waals surface area contributed by atoms with Crippen LogP contribution in [0.2, 0.25) is 0 Å². The predicted molar refractivity (Wildman–Crippen MR) is 245 cm³/mol. The zero-order valence-corrected chi connectivity index (χ0v) is 36.3. The number of ether oxygens (including phenoxy) is 2. The molecule has 12 nitrogen and oxygen atoms in total. The van der Waals surface area contributed by atoms with Crippen molar-refractivity contribution < 1.29 is 33.5 Å². The monoisotopic (exact) mass is 889 g/mol. The van der Waals surface area contributed by atoms with Gasteiger partial charge in [-0.15, -0.1) is 23.1 Å². The van der Waals surface area contributed by atoms with Gasteiger partial charge < -0.3 is 24.9 Å². The summed E-state index contributed by atoms with van der Waals surface area (Å²) in [6, 6.07) is 48.0. The fraction of sp³-hybridized carbons (Fsp3) is 0.200. The average molecular weight is 890 g/mol. The van der Waals surface area contributed by atoms with Crippen LogP contribution >= 0.6 is 23.1 Å². The number of amides is 2. The number of β-lactam (4-membered cyclic amide) rings is 1. The number of rotatable bonds is 15. The number of hydrogen-bond acceptors (Lipinski definition) is 12. The van der Waals surface area contributed by atoms with E-state index < -0.39 is 46.9 Å². The van der Waals surface area contributed by atoms with Gasteiger partial charge in [-0.25, -0.2) is 9.78 Å². The molecule has 5 aromatic carbocycles. The lowest BCUT2D eigenvalue weighted by atomic mass is 9.77. The summed E-state index contributed by atoms with van der Waals surface area (Å²) in [6.07, 6.45) is -0.149. The third kappa shape index (κ3) is 8.41. The van der Waals surface area contributed by atoms with Crippen molar-refractivity contribution in [2.45, 2.75) is 48.4 Å². The second-order valence-corrected chi connectivity index (χ2v) is 17.4. The van der Waals surface area contributed by atoms with E-state index in [4.69, 9.17) is 19.3 Å². The average Bonchev–Trinajstić information content (AvgIpc) is 3.99. The number of nitrogens with zero attached hydrogens (tertiary/aromatic N) is 3. The quantitative estimate of drug-likeness (QED) is 0.0342. The standard InChI is InChI=1S/C50H43N5O7S2/c1-60-54-41(39-31-64-49(51-39)53-50(35-21-11-4-12-22-35,36-23-13-5-14-24-36)37-25-15-6-16-26-37)45(57)52-42-46(58)55-43(34(30-63-47(42)55)29-38-27-28-40(56)61-38)48(59)62-44(32-17-7-2-8-18-32)33-19-9-3-10-20-33/h2-26,31,38,42,44,47H,27-30H2,1H3,(H,51,53)(H,52,57)/b54-41-/t38?,42-,47+/m1/s1. The van der Waals surface area contributed by atoms with Crippen molar-refractivity contribution >= 4 is 57.7 Å². The summed E-state index contributed by atoms with van der Waals surface area (Å²) in [4.78, 5) is 66.5. The molecule has 14 heteroatoms. The maximum absolute atomic E-state index is 14.5. The lowest BCUT2D eigenvalue weighted by Crippen LogP contribution is -2.71. The summed E-state index contributed by atoms with van der Waals surface area (Å²) in [7, 11) is 1.33. The molecule has 322 valence electrons. The minimum atomic E-state index is -1.01. The van der Waals surface area contributed by atoms with E-state index in [0.29, 0.717) is 22.9 Å². The van der Waals surface area contributed by atoms with E-state index in [1.54, 1.807) is 5.38 Å². The Labute approximate surface area is 378 Å². The largest absolute Gasteiger partial charge is 0.462 e. The number of anilines is 1. The number of carbonyl (C=O) groups is 4. The number of cyclic esters (lactones) is 1. The van der Waals surface area contributed by atoms with E-state index in [-0.39, 0.29) is 35.9 Å². The normalized spacial score (nSPS) is 18.5. The smallest absolute Gasteiger partial charge is 0.356 e. The highest BCUT2D eigenvalue weighted by molar-refractivity contribution is 8.00. The van der Waals surface area contributed by atoms with Gasteiger partial charge in [0.05, 0.1) is 0 Å². The van der Waals surface area contributed by atoms with E-state index in [9.17, 15) is 19.2 Å². The van der Waals surface area contributed by atoms with Crippen LogP contribution in [-0.4, -0.2) is 69.7 Å². The summed E-state index contributed by atoms with van der Waals surface area (Å²) in [5, 5.41) is 12.3. The minimum absolute atomic E-state index is 0.0961. The van der Waals surface area contributed by atoms with Gasteiger partial charge in [-0.1, -0.05) is 157 Å². The molecule has 9 rings (SSSR count). The third-order valence-corrected chi connectivity index (χ3v) is 13.6. The Bertz CT molecular complexity index is 2560. The summed E-state index contributed by atoms with van der Waals surface area (Å²) in [5.74, 6) is -1.83. The van der Waals surface area contributed by atoms with Crippen LogP contribution in [0.4, 0.5) is 5.13 Å². The first kappa shape index (κ1) is 42.3. The van der Waals surface area contributed by atoms with Gasteiger partial charge in [0.25, 0.3) is 11.8 Å². The Morgan fingerprint density at radius 2 is 1.38 bits per heavy atom. The molecule has 2 amide bonds. The molecule has 3 atom stereocenters. The second kappa shape index (κ2) is 18.8. The number of fused-ring (bicyclic) bond motifs is 1. The van der Waals surface area contributed by atoms with E-state index in [2.05, 4.69) is 52.2 Å². The first-order valence-electron chi connectivity index (χ1n) is 20.8. The van der Waals surface area contributed by atoms with Crippen molar-refractivity contribution in [3.63, 3.8) is 0 Å². The van der Waals surface area contributed by atoms with Gasteiger partial charge in [-0.2, -0.15) is 0 Å². The van der Waals surface area contributed by atoms with Crippen molar-refractivity contribution in [2.75, 3.05) is 18.2 Å².